The fourth-order valence-electron chi connectivity index (χ4n) is 3.71. The van der Waals surface area contributed by atoms with Crippen LogP contribution in [0.15, 0.2) is 24.3 Å². The molecule has 2 aliphatic rings. The van der Waals surface area contributed by atoms with E-state index in [1.807, 2.05) is 17.0 Å². The molecule has 1 aliphatic heterocycles. The predicted octanol–water partition coefficient (Wildman–Crippen LogP) is 3.49. The van der Waals surface area contributed by atoms with Gasteiger partial charge < -0.3 is 10.6 Å². The van der Waals surface area contributed by atoms with Crippen LogP contribution in [-0.4, -0.2) is 47.4 Å². The van der Waals surface area contributed by atoms with Crippen LogP contribution in [0, 0.1) is 0 Å². The number of amides is 1. The highest BCUT2D eigenvalue weighted by Crippen LogP contribution is 2.29. The molecule has 1 aromatic rings. The van der Waals surface area contributed by atoms with Gasteiger partial charge in [0.25, 0.3) is 0 Å². The highest BCUT2D eigenvalue weighted by atomic mass is 35.5. The van der Waals surface area contributed by atoms with Crippen molar-refractivity contribution >= 4 is 42.3 Å². The summed E-state index contributed by atoms with van der Waals surface area (Å²) in [5.74, 6) is 0.170. The van der Waals surface area contributed by atoms with Gasteiger partial charge in [-0.15, -0.1) is 24.8 Å². The highest BCUT2D eigenvalue weighted by Gasteiger charge is 2.40. The van der Waals surface area contributed by atoms with Crippen LogP contribution in [0.25, 0.3) is 0 Å². The van der Waals surface area contributed by atoms with Crippen LogP contribution in [0.5, 0.6) is 0 Å². The molecule has 1 saturated heterocycles. The van der Waals surface area contributed by atoms with Crippen molar-refractivity contribution in [2.24, 2.45) is 5.73 Å². The first-order valence-corrected chi connectivity index (χ1v) is 9.00. The summed E-state index contributed by atoms with van der Waals surface area (Å²) in [5.41, 5.74) is 7.01. The molecule has 1 heterocycles. The summed E-state index contributed by atoms with van der Waals surface area (Å²) in [6.07, 6.45) is 4.86. The second-order valence-electron chi connectivity index (χ2n) is 6.91. The van der Waals surface area contributed by atoms with Crippen molar-refractivity contribution in [3.63, 3.8) is 0 Å². The number of rotatable bonds is 3. The zero-order chi connectivity index (χ0) is 16.3. The molecule has 0 aromatic heterocycles. The Morgan fingerprint density at radius 2 is 1.64 bits per heavy atom. The molecule has 0 spiro atoms. The lowest BCUT2D eigenvalue weighted by atomic mass is 9.97. The Morgan fingerprint density at radius 3 is 2.28 bits per heavy atom. The minimum Gasteiger partial charge on any atom is -0.340 e. The number of benzene rings is 1. The summed E-state index contributed by atoms with van der Waals surface area (Å²) in [6.45, 7) is 4.45. The van der Waals surface area contributed by atoms with E-state index in [4.69, 9.17) is 17.3 Å². The van der Waals surface area contributed by atoms with Gasteiger partial charge in [0.2, 0.25) is 5.91 Å². The molecule has 7 heteroatoms. The first-order valence-electron chi connectivity index (χ1n) is 8.62. The highest BCUT2D eigenvalue weighted by molar-refractivity contribution is 6.30. The molecular formula is C18H28Cl3N3O. The van der Waals surface area contributed by atoms with Crippen LogP contribution in [0.3, 0.4) is 0 Å². The van der Waals surface area contributed by atoms with Gasteiger partial charge in [0.05, 0.1) is 5.54 Å². The number of halogens is 3. The molecule has 142 valence electrons. The maximum atomic E-state index is 12.7. The lowest BCUT2D eigenvalue weighted by Gasteiger charge is -2.30. The predicted molar refractivity (Wildman–Crippen MR) is 108 cm³/mol. The van der Waals surface area contributed by atoms with Crippen molar-refractivity contribution in [3.05, 3.63) is 34.9 Å². The molecule has 0 bridgehead atoms. The van der Waals surface area contributed by atoms with Crippen molar-refractivity contribution < 1.29 is 4.79 Å². The average Bonchev–Trinajstić information content (AvgIpc) is 2.87. The van der Waals surface area contributed by atoms with Gasteiger partial charge in [-0.2, -0.15) is 0 Å². The summed E-state index contributed by atoms with van der Waals surface area (Å²) in [6, 6.07) is 8.01. The smallest absolute Gasteiger partial charge is 0.242 e. The number of hydrogen-bond acceptors (Lipinski definition) is 3. The molecule has 3 rings (SSSR count). The normalized spacial score (nSPS) is 20.3. The van der Waals surface area contributed by atoms with Gasteiger partial charge >= 0.3 is 0 Å². The average molecular weight is 409 g/mol. The summed E-state index contributed by atoms with van der Waals surface area (Å²) < 4.78 is 0. The molecule has 1 aliphatic carbocycles. The summed E-state index contributed by atoms with van der Waals surface area (Å²) in [5, 5.41) is 0.770. The Balaban J connectivity index is 0.00000156. The first-order chi connectivity index (χ1) is 11.1. The standard InChI is InChI=1S/C18H26ClN3O.2ClH/c19-16-6-4-15(5-7-16)14-21-10-3-11-22(13-12-21)17(23)18(20)8-1-2-9-18;;/h4-7H,1-3,8-14,20H2;2*1H. The Morgan fingerprint density at radius 1 is 1.00 bits per heavy atom. The summed E-state index contributed by atoms with van der Waals surface area (Å²) >= 11 is 5.94. The molecule has 0 radical (unpaired) electrons. The third-order valence-electron chi connectivity index (χ3n) is 5.12. The first kappa shape index (κ1) is 22.5. The van der Waals surface area contributed by atoms with E-state index in [0.717, 1.165) is 69.9 Å². The molecule has 2 N–H and O–H groups in total. The second kappa shape index (κ2) is 9.98. The van der Waals surface area contributed by atoms with Crippen molar-refractivity contribution in [2.75, 3.05) is 26.2 Å². The van der Waals surface area contributed by atoms with Crippen LogP contribution in [0.2, 0.25) is 5.02 Å². The number of carbonyl (C=O) groups excluding carboxylic acids is 1. The van der Waals surface area contributed by atoms with E-state index in [1.165, 1.54) is 5.56 Å². The monoisotopic (exact) mass is 407 g/mol. The van der Waals surface area contributed by atoms with Crippen molar-refractivity contribution in [1.82, 2.24) is 9.80 Å². The molecular weight excluding hydrogens is 381 g/mol. The van der Waals surface area contributed by atoms with Crippen LogP contribution in [0.1, 0.15) is 37.7 Å². The SMILES string of the molecule is Cl.Cl.NC1(C(=O)N2CCCN(Cc3ccc(Cl)cc3)CC2)CCCC1. The van der Waals surface area contributed by atoms with E-state index in [9.17, 15) is 4.79 Å². The number of nitrogens with two attached hydrogens (primary N) is 1. The van der Waals surface area contributed by atoms with Gasteiger partial charge in [0.15, 0.2) is 0 Å². The number of nitrogens with zero attached hydrogens (tertiary/aromatic N) is 2. The summed E-state index contributed by atoms with van der Waals surface area (Å²) in [4.78, 5) is 17.1. The van der Waals surface area contributed by atoms with Crippen LogP contribution >= 0.6 is 36.4 Å². The van der Waals surface area contributed by atoms with Gasteiger partial charge in [-0.3, -0.25) is 9.69 Å². The Kier molecular flexibility index (Phi) is 8.99. The fourth-order valence-corrected chi connectivity index (χ4v) is 3.84. The van der Waals surface area contributed by atoms with Gasteiger partial charge in [-0.1, -0.05) is 36.6 Å². The molecule has 1 aromatic carbocycles. The van der Waals surface area contributed by atoms with Crippen molar-refractivity contribution in [1.29, 1.82) is 0 Å². The van der Waals surface area contributed by atoms with Crippen molar-refractivity contribution in [2.45, 2.75) is 44.2 Å². The van der Waals surface area contributed by atoms with Gasteiger partial charge in [0.1, 0.15) is 0 Å². The van der Waals surface area contributed by atoms with E-state index in [1.54, 1.807) is 0 Å². The molecule has 25 heavy (non-hydrogen) atoms. The van der Waals surface area contributed by atoms with Gasteiger partial charge in [-0.05, 0) is 37.0 Å². The van der Waals surface area contributed by atoms with Gasteiger partial charge in [-0.25, -0.2) is 0 Å². The van der Waals surface area contributed by atoms with Crippen LogP contribution in [0.4, 0.5) is 0 Å². The number of carbonyl (C=O) groups is 1. The van der Waals surface area contributed by atoms with Crippen molar-refractivity contribution in [3.8, 4) is 0 Å². The van der Waals surface area contributed by atoms with Gasteiger partial charge in [0, 0.05) is 37.7 Å². The molecule has 4 nitrogen and oxygen atoms in total. The summed E-state index contributed by atoms with van der Waals surface area (Å²) in [7, 11) is 0. The van der Waals surface area contributed by atoms with E-state index in [2.05, 4.69) is 17.0 Å². The molecule has 0 atom stereocenters. The van der Waals surface area contributed by atoms with Crippen LogP contribution in [-0.2, 0) is 11.3 Å². The second-order valence-corrected chi connectivity index (χ2v) is 7.35. The fraction of sp³-hybridized carbons (Fsp3) is 0.611. The van der Waals surface area contributed by atoms with E-state index < -0.39 is 5.54 Å². The lowest BCUT2D eigenvalue weighted by Crippen LogP contribution is -2.54. The third-order valence-corrected chi connectivity index (χ3v) is 5.37. The molecule has 2 fully saturated rings. The van der Waals surface area contributed by atoms with E-state index in [-0.39, 0.29) is 30.7 Å². The lowest BCUT2D eigenvalue weighted by molar-refractivity contribution is -0.136. The quantitative estimate of drug-likeness (QED) is 0.833. The largest absolute Gasteiger partial charge is 0.340 e. The third kappa shape index (κ3) is 5.73. The number of hydrogen-bond donors (Lipinski definition) is 1. The van der Waals surface area contributed by atoms with E-state index >= 15 is 0 Å². The Hall–Kier alpha value is -0.520. The molecule has 1 amide bonds. The minimum atomic E-state index is -0.592. The molecule has 1 saturated carbocycles. The topological polar surface area (TPSA) is 49.6 Å². The molecule has 0 unspecified atom stereocenters. The maximum absolute atomic E-state index is 12.7. The zero-order valence-corrected chi connectivity index (χ0v) is 16.8. The zero-order valence-electron chi connectivity index (χ0n) is 14.5. The van der Waals surface area contributed by atoms with E-state index in [0.29, 0.717) is 0 Å². The minimum absolute atomic E-state index is 0. The Bertz CT molecular complexity index is 547. The maximum Gasteiger partial charge on any atom is 0.242 e. The Labute approximate surface area is 167 Å². The van der Waals surface area contributed by atoms with Crippen LogP contribution < -0.4 is 5.73 Å².